The van der Waals surface area contributed by atoms with Gasteiger partial charge in [0.1, 0.15) is 11.2 Å². The molecule has 122 valence electrons. The molecule has 0 saturated heterocycles. The minimum atomic E-state index is 0.0382. The van der Waals surface area contributed by atoms with Gasteiger partial charge in [0.05, 0.1) is 6.61 Å². The van der Waals surface area contributed by atoms with E-state index in [1.807, 2.05) is 63.2 Å². The summed E-state index contributed by atoms with van der Waals surface area (Å²) in [7, 11) is 0. The number of benzene rings is 1. The molecule has 23 heavy (non-hydrogen) atoms. The van der Waals surface area contributed by atoms with Crippen LogP contribution in [0.3, 0.4) is 0 Å². The topological polar surface area (TPSA) is 43.6 Å². The largest absolute Gasteiger partial charge is 0.494 e. The Morgan fingerprint density at radius 1 is 1.17 bits per heavy atom. The van der Waals surface area contributed by atoms with Crippen LogP contribution in [-0.2, 0) is 6.42 Å². The first-order valence-electron chi connectivity index (χ1n) is 8.07. The van der Waals surface area contributed by atoms with Crippen molar-refractivity contribution in [2.75, 3.05) is 6.61 Å². The molecule has 0 fully saturated rings. The Balaban J connectivity index is 2.15. The van der Waals surface area contributed by atoms with Gasteiger partial charge in [0, 0.05) is 18.7 Å². The van der Waals surface area contributed by atoms with E-state index < -0.39 is 0 Å². The van der Waals surface area contributed by atoms with Gasteiger partial charge in [0.2, 0.25) is 5.91 Å². The third-order valence-electron chi connectivity index (χ3n) is 3.38. The molecule has 0 aliphatic heterocycles. The zero-order chi connectivity index (χ0) is 16.7. The second-order valence-corrected chi connectivity index (χ2v) is 5.59. The molecule has 0 bridgehead atoms. The second kappa shape index (κ2) is 8.32. The van der Waals surface area contributed by atoms with Crippen LogP contribution in [0.25, 0.3) is 0 Å². The second-order valence-electron chi connectivity index (χ2n) is 5.59. The number of nitrogens with zero attached hydrogens (tertiary/aromatic N) is 2. The van der Waals surface area contributed by atoms with Crippen molar-refractivity contribution in [2.45, 2.75) is 39.7 Å². The Morgan fingerprint density at radius 2 is 1.91 bits per heavy atom. The van der Waals surface area contributed by atoms with E-state index in [9.17, 15) is 4.79 Å². The molecule has 1 aromatic heterocycles. The standard InChI is InChI=1S/C19H24N2O2/c1-4-23-17-10-6-5-9-16(17)12-13-19(22)21-14-8-7-11-18(21)20-15(2)3/h5-11,14-15H,4,12-13H2,1-3H3. The Hall–Kier alpha value is -2.36. The Bertz CT molecular complexity index is 717. The number of carbonyl (C=O) groups excluding carboxylic acids is 1. The molecule has 4 nitrogen and oxygen atoms in total. The summed E-state index contributed by atoms with van der Waals surface area (Å²) in [6, 6.07) is 13.6. The highest BCUT2D eigenvalue weighted by atomic mass is 16.5. The molecule has 2 rings (SSSR count). The third kappa shape index (κ3) is 4.81. The summed E-state index contributed by atoms with van der Waals surface area (Å²) in [4.78, 5) is 17.1. The first-order valence-corrected chi connectivity index (χ1v) is 8.07. The summed E-state index contributed by atoms with van der Waals surface area (Å²) >= 11 is 0. The van der Waals surface area contributed by atoms with Crippen LogP contribution in [0.5, 0.6) is 5.75 Å². The molecule has 4 heteroatoms. The van der Waals surface area contributed by atoms with E-state index in [1.54, 1.807) is 10.8 Å². The van der Waals surface area contributed by atoms with Gasteiger partial charge in [-0.2, -0.15) is 0 Å². The van der Waals surface area contributed by atoms with Crippen molar-refractivity contribution in [3.63, 3.8) is 0 Å². The van der Waals surface area contributed by atoms with Crippen LogP contribution in [-0.4, -0.2) is 23.1 Å². The lowest BCUT2D eigenvalue weighted by molar-refractivity contribution is 0.0897. The molecule has 0 aliphatic rings. The molecule has 0 unspecified atom stereocenters. The summed E-state index contributed by atoms with van der Waals surface area (Å²) in [5.41, 5.74) is 1.76. The van der Waals surface area contributed by atoms with Crippen molar-refractivity contribution >= 4 is 5.91 Å². The quantitative estimate of drug-likeness (QED) is 0.820. The molecular weight excluding hydrogens is 288 g/mol. The fraction of sp³-hybridized carbons (Fsp3) is 0.368. The van der Waals surface area contributed by atoms with Crippen LogP contribution >= 0.6 is 0 Å². The highest BCUT2D eigenvalue weighted by Crippen LogP contribution is 2.19. The number of aromatic nitrogens is 1. The van der Waals surface area contributed by atoms with E-state index in [4.69, 9.17) is 4.74 Å². The number of para-hydroxylation sites is 1. The van der Waals surface area contributed by atoms with Gasteiger partial charge in [-0.1, -0.05) is 24.3 Å². The molecule has 1 aromatic carbocycles. The van der Waals surface area contributed by atoms with Crippen LogP contribution in [0.4, 0.5) is 0 Å². The van der Waals surface area contributed by atoms with Crippen molar-refractivity contribution in [3.05, 3.63) is 59.7 Å². The van der Waals surface area contributed by atoms with Gasteiger partial charge in [0.15, 0.2) is 0 Å². The fourth-order valence-electron chi connectivity index (χ4n) is 2.38. The fourth-order valence-corrected chi connectivity index (χ4v) is 2.38. The van der Waals surface area contributed by atoms with Crippen LogP contribution in [0.15, 0.2) is 53.7 Å². The van der Waals surface area contributed by atoms with Crippen molar-refractivity contribution in [1.82, 2.24) is 4.57 Å². The number of pyridine rings is 1. The maximum Gasteiger partial charge on any atom is 0.232 e. The SMILES string of the molecule is CCOc1ccccc1CCC(=O)n1ccccc1=NC(C)C. The maximum absolute atomic E-state index is 12.6. The van der Waals surface area contributed by atoms with Gasteiger partial charge in [-0.3, -0.25) is 14.4 Å². The predicted octanol–water partition coefficient (Wildman–Crippen LogP) is 3.47. The number of aryl methyl sites for hydroxylation is 1. The summed E-state index contributed by atoms with van der Waals surface area (Å²) in [5, 5.41) is 0. The number of rotatable bonds is 6. The molecule has 1 heterocycles. The maximum atomic E-state index is 12.6. The molecule has 0 aliphatic carbocycles. The normalized spacial score (nSPS) is 11.7. The predicted molar refractivity (Wildman–Crippen MR) is 91.7 cm³/mol. The van der Waals surface area contributed by atoms with E-state index in [-0.39, 0.29) is 11.9 Å². The monoisotopic (exact) mass is 312 g/mol. The molecule has 0 atom stereocenters. The Morgan fingerprint density at radius 3 is 2.65 bits per heavy atom. The highest BCUT2D eigenvalue weighted by molar-refractivity contribution is 5.78. The smallest absolute Gasteiger partial charge is 0.232 e. The molecule has 0 amide bonds. The van der Waals surface area contributed by atoms with E-state index in [0.717, 1.165) is 11.3 Å². The first-order chi connectivity index (χ1) is 11.1. The summed E-state index contributed by atoms with van der Waals surface area (Å²) < 4.78 is 7.24. The molecule has 0 N–H and O–H groups in total. The van der Waals surface area contributed by atoms with E-state index in [1.165, 1.54) is 0 Å². The average Bonchev–Trinajstić information content (AvgIpc) is 2.54. The van der Waals surface area contributed by atoms with Gasteiger partial charge >= 0.3 is 0 Å². The zero-order valence-corrected chi connectivity index (χ0v) is 14.0. The van der Waals surface area contributed by atoms with Gasteiger partial charge in [-0.15, -0.1) is 0 Å². The number of hydrogen-bond acceptors (Lipinski definition) is 3. The minimum Gasteiger partial charge on any atom is -0.494 e. The minimum absolute atomic E-state index is 0.0382. The third-order valence-corrected chi connectivity index (χ3v) is 3.38. The van der Waals surface area contributed by atoms with Gasteiger partial charge in [-0.05, 0) is 51.0 Å². The highest BCUT2D eigenvalue weighted by Gasteiger charge is 2.09. The molecular formula is C19H24N2O2. The van der Waals surface area contributed by atoms with Gasteiger partial charge in [-0.25, -0.2) is 0 Å². The lowest BCUT2D eigenvalue weighted by atomic mass is 10.1. The first kappa shape index (κ1) is 17.0. The van der Waals surface area contributed by atoms with Crippen molar-refractivity contribution in [1.29, 1.82) is 0 Å². The summed E-state index contributed by atoms with van der Waals surface area (Å²) in [6.45, 7) is 6.58. The molecule has 0 radical (unpaired) electrons. The van der Waals surface area contributed by atoms with E-state index >= 15 is 0 Å². The molecule has 2 aromatic rings. The Labute approximate surface area is 137 Å². The zero-order valence-electron chi connectivity index (χ0n) is 14.0. The average molecular weight is 312 g/mol. The van der Waals surface area contributed by atoms with Crippen LogP contribution in [0.2, 0.25) is 0 Å². The summed E-state index contributed by atoms with van der Waals surface area (Å²) in [6.07, 6.45) is 2.84. The lowest BCUT2D eigenvalue weighted by Crippen LogP contribution is -2.27. The number of ether oxygens (including phenoxy) is 1. The number of hydrogen-bond donors (Lipinski definition) is 0. The number of carbonyl (C=O) groups is 1. The van der Waals surface area contributed by atoms with Crippen molar-refractivity contribution in [2.24, 2.45) is 4.99 Å². The van der Waals surface area contributed by atoms with Crippen molar-refractivity contribution < 1.29 is 9.53 Å². The molecule has 0 spiro atoms. The molecule has 0 saturated carbocycles. The van der Waals surface area contributed by atoms with E-state index in [0.29, 0.717) is 24.9 Å². The summed E-state index contributed by atoms with van der Waals surface area (Å²) in [5.74, 6) is 0.893. The van der Waals surface area contributed by atoms with Crippen LogP contribution < -0.4 is 10.2 Å². The van der Waals surface area contributed by atoms with Gasteiger partial charge < -0.3 is 4.74 Å². The Kier molecular flexibility index (Phi) is 6.15. The van der Waals surface area contributed by atoms with E-state index in [2.05, 4.69) is 4.99 Å². The lowest BCUT2D eigenvalue weighted by Gasteiger charge is -2.10. The van der Waals surface area contributed by atoms with Gasteiger partial charge in [0.25, 0.3) is 0 Å². The van der Waals surface area contributed by atoms with Crippen molar-refractivity contribution in [3.8, 4) is 5.75 Å². The van der Waals surface area contributed by atoms with Crippen LogP contribution in [0.1, 0.15) is 37.6 Å². The van der Waals surface area contributed by atoms with Crippen LogP contribution in [0, 0.1) is 0 Å².